The van der Waals surface area contributed by atoms with Gasteiger partial charge in [-0.1, -0.05) is 30.3 Å². The van der Waals surface area contributed by atoms with Gasteiger partial charge in [0.05, 0.1) is 4.90 Å². The van der Waals surface area contributed by atoms with E-state index in [9.17, 15) is 22.8 Å². The van der Waals surface area contributed by atoms with Crippen LogP contribution in [0.25, 0.3) is 0 Å². The maximum Gasteiger partial charge on any atom is 0.344 e. The number of urea groups is 1. The minimum absolute atomic E-state index is 0.101. The Balaban J connectivity index is 1.41. The number of nitrogens with one attached hydrogen (secondary N) is 2. The molecule has 2 aromatic rings. The van der Waals surface area contributed by atoms with Gasteiger partial charge >= 0.3 is 6.03 Å². The first kappa shape index (κ1) is 22.9. The van der Waals surface area contributed by atoms with Gasteiger partial charge in [0.1, 0.15) is 5.54 Å². The highest BCUT2D eigenvalue weighted by atomic mass is 32.2. The van der Waals surface area contributed by atoms with Crippen LogP contribution < -0.4 is 10.7 Å². The number of carbonyl (C=O) groups is 3. The van der Waals surface area contributed by atoms with Gasteiger partial charge in [-0.2, -0.15) is 9.31 Å². The summed E-state index contributed by atoms with van der Waals surface area (Å²) in [5, 5.41) is 3.34. The molecule has 0 aromatic heterocycles. The van der Waals surface area contributed by atoms with Crippen LogP contribution in [0.5, 0.6) is 0 Å². The second-order valence-corrected chi connectivity index (χ2v) is 10.4. The Labute approximate surface area is 192 Å². The lowest BCUT2D eigenvalue weighted by Gasteiger charge is -2.21. The molecule has 2 fully saturated rings. The molecule has 4 rings (SSSR count). The molecule has 174 valence electrons. The van der Waals surface area contributed by atoms with E-state index in [1.165, 1.54) is 28.6 Å². The molecule has 2 N–H and O–H groups in total. The van der Waals surface area contributed by atoms with Crippen molar-refractivity contribution in [3.05, 3.63) is 65.7 Å². The fraction of sp³-hybridized carbons (Fsp3) is 0.348. The third kappa shape index (κ3) is 4.62. The predicted octanol–water partition coefficient (Wildman–Crippen LogP) is 2.06. The van der Waals surface area contributed by atoms with E-state index in [2.05, 4.69) is 10.7 Å². The van der Waals surface area contributed by atoms with Crippen molar-refractivity contribution in [2.24, 2.45) is 0 Å². The summed E-state index contributed by atoms with van der Waals surface area (Å²) in [6.07, 6.45) is 2.61. The Morgan fingerprint density at radius 1 is 1.03 bits per heavy atom. The molecule has 0 unspecified atom stereocenters. The molecule has 2 heterocycles. The monoisotopic (exact) mass is 470 g/mol. The Bertz CT molecular complexity index is 1160. The number of carbonyl (C=O) groups excluding carboxylic acids is 3. The zero-order chi connectivity index (χ0) is 23.6. The number of nitrogens with zero attached hydrogens (tertiary/aromatic N) is 2. The van der Waals surface area contributed by atoms with E-state index in [4.69, 9.17) is 0 Å². The van der Waals surface area contributed by atoms with E-state index in [0.717, 1.165) is 18.4 Å². The molecule has 1 atom stereocenters. The molecule has 33 heavy (non-hydrogen) atoms. The number of aryl methyl sites for hydroxylation is 1. The Hall–Kier alpha value is -3.24. The van der Waals surface area contributed by atoms with E-state index in [0.29, 0.717) is 30.9 Å². The third-order valence-electron chi connectivity index (χ3n) is 6.05. The SMILES string of the molecule is C[C@]1(CCc2ccccc2)NC(=O)N(NC(=O)c2ccc(S(=O)(=O)N3CCCC3)cc2)C1=O. The van der Waals surface area contributed by atoms with Gasteiger partial charge in [0.25, 0.3) is 11.8 Å². The molecule has 0 spiro atoms. The summed E-state index contributed by atoms with van der Waals surface area (Å²) < 4.78 is 26.7. The van der Waals surface area contributed by atoms with Gasteiger partial charge in [-0.3, -0.25) is 15.0 Å². The highest BCUT2D eigenvalue weighted by molar-refractivity contribution is 7.89. The predicted molar refractivity (Wildman–Crippen MR) is 120 cm³/mol. The van der Waals surface area contributed by atoms with Crippen molar-refractivity contribution in [3.8, 4) is 0 Å². The van der Waals surface area contributed by atoms with Crippen molar-refractivity contribution in [3.63, 3.8) is 0 Å². The summed E-state index contributed by atoms with van der Waals surface area (Å²) in [6.45, 7) is 2.60. The van der Waals surface area contributed by atoms with Gasteiger partial charge in [-0.05, 0) is 62.4 Å². The van der Waals surface area contributed by atoms with E-state index < -0.39 is 33.4 Å². The van der Waals surface area contributed by atoms with Gasteiger partial charge in [0.2, 0.25) is 10.0 Å². The van der Waals surface area contributed by atoms with Crippen LogP contribution in [0.2, 0.25) is 0 Å². The quantitative estimate of drug-likeness (QED) is 0.601. The van der Waals surface area contributed by atoms with Crippen LogP contribution in [-0.4, -0.2) is 54.2 Å². The van der Waals surface area contributed by atoms with E-state index >= 15 is 0 Å². The number of hydrogen-bond acceptors (Lipinski definition) is 5. The number of benzene rings is 2. The lowest BCUT2D eigenvalue weighted by molar-refractivity contribution is -0.132. The molecule has 10 heteroatoms. The summed E-state index contributed by atoms with van der Waals surface area (Å²) in [7, 11) is -3.59. The molecule has 2 aliphatic heterocycles. The van der Waals surface area contributed by atoms with E-state index in [1.54, 1.807) is 6.92 Å². The Morgan fingerprint density at radius 3 is 2.30 bits per heavy atom. The number of sulfonamides is 1. The van der Waals surface area contributed by atoms with Crippen LogP contribution in [0.4, 0.5) is 4.79 Å². The molecule has 0 aliphatic carbocycles. The van der Waals surface area contributed by atoms with E-state index in [1.807, 2.05) is 30.3 Å². The summed E-state index contributed by atoms with van der Waals surface area (Å²) in [5.74, 6) is -1.24. The van der Waals surface area contributed by atoms with Crippen LogP contribution in [0.1, 0.15) is 42.1 Å². The van der Waals surface area contributed by atoms with Crippen LogP contribution >= 0.6 is 0 Å². The first-order valence-corrected chi connectivity index (χ1v) is 12.3. The van der Waals surface area contributed by atoms with Crippen molar-refractivity contribution >= 4 is 27.9 Å². The summed E-state index contributed by atoms with van der Waals surface area (Å²) in [4.78, 5) is 38.1. The first-order chi connectivity index (χ1) is 15.7. The number of amides is 4. The fourth-order valence-electron chi connectivity index (χ4n) is 4.02. The van der Waals surface area contributed by atoms with E-state index in [-0.39, 0.29) is 10.5 Å². The molecule has 2 aliphatic rings. The van der Waals surface area contributed by atoms with Crippen molar-refractivity contribution in [1.82, 2.24) is 20.1 Å². The molecule has 0 radical (unpaired) electrons. The normalized spacial score (nSPS) is 21.3. The molecule has 2 aromatic carbocycles. The third-order valence-corrected chi connectivity index (χ3v) is 7.96. The molecule has 9 nitrogen and oxygen atoms in total. The van der Waals surface area contributed by atoms with Crippen LogP contribution in [0.15, 0.2) is 59.5 Å². The zero-order valence-corrected chi connectivity index (χ0v) is 19.1. The Kier molecular flexibility index (Phi) is 6.22. The smallest absolute Gasteiger partial charge is 0.322 e. The average molecular weight is 471 g/mol. The fourth-order valence-corrected chi connectivity index (χ4v) is 5.53. The number of rotatable bonds is 7. The van der Waals surface area contributed by atoms with Gasteiger partial charge < -0.3 is 5.32 Å². The topological polar surface area (TPSA) is 116 Å². The maximum absolute atomic E-state index is 12.9. The zero-order valence-electron chi connectivity index (χ0n) is 18.3. The minimum atomic E-state index is -3.59. The standard InChI is InChI=1S/C23H26N4O5S/c1-23(14-13-17-7-3-2-4-8-17)21(29)27(22(30)24-23)25-20(28)18-9-11-19(12-10-18)33(31,32)26-15-5-6-16-26/h2-4,7-12H,5-6,13-16H2,1H3,(H,24,30)(H,25,28)/t23-/m1/s1. The van der Waals surface area contributed by atoms with Crippen molar-refractivity contribution < 1.29 is 22.8 Å². The second kappa shape index (κ2) is 8.95. The lowest BCUT2D eigenvalue weighted by Crippen LogP contribution is -2.48. The summed E-state index contributed by atoms with van der Waals surface area (Å²) in [6, 6.07) is 14.3. The highest BCUT2D eigenvalue weighted by Crippen LogP contribution is 2.23. The van der Waals surface area contributed by atoms with Gasteiger partial charge in [0, 0.05) is 18.7 Å². The number of imide groups is 1. The maximum atomic E-state index is 12.9. The summed E-state index contributed by atoms with van der Waals surface area (Å²) >= 11 is 0. The molecular weight excluding hydrogens is 444 g/mol. The first-order valence-electron chi connectivity index (χ1n) is 10.8. The lowest BCUT2D eigenvalue weighted by atomic mass is 9.93. The Morgan fingerprint density at radius 2 is 1.67 bits per heavy atom. The summed E-state index contributed by atoms with van der Waals surface area (Å²) in [5.41, 5.74) is 2.36. The minimum Gasteiger partial charge on any atom is -0.322 e. The molecule has 2 saturated heterocycles. The molecule has 4 amide bonds. The van der Waals surface area contributed by atoms with Crippen LogP contribution in [0.3, 0.4) is 0 Å². The van der Waals surface area contributed by atoms with Gasteiger partial charge in [-0.15, -0.1) is 0 Å². The molecule has 0 bridgehead atoms. The number of hydrazine groups is 1. The van der Waals surface area contributed by atoms with Crippen molar-refractivity contribution in [1.29, 1.82) is 0 Å². The highest BCUT2D eigenvalue weighted by Gasteiger charge is 2.48. The largest absolute Gasteiger partial charge is 0.344 e. The molecular formula is C23H26N4O5S. The van der Waals surface area contributed by atoms with Crippen molar-refractivity contribution in [2.45, 2.75) is 43.0 Å². The second-order valence-electron chi connectivity index (χ2n) is 8.46. The van der Waals surface area contributed by atoms with Crippen LogP contribution in [-0.2, 0) is 21.2 Å². The van der Waals surface area contributed by atoms with Crippen molar-refractivity contribution in [2.75, 3.05) is 13.1 Å². The molecule has 0 saturated carbocycles. The van der Waals surface area contributed by atoms with Gasteiger partial charge in [-0.25, -0.2) is 13.2 Å². The average Bonchev–Trinajstić information content (AvgIpc) is 3.43. The van der Waals surface area contributed by atoms with Crippen LogP contribution in [0, 0.1) is 0 Å². The number of hydrogen-bond donors (Lipinski definition) is 2. The van der Waals surface area contributed by atoms with Gasteiger partial charge in [0.15, 0.2) is 0 Å².